The normalized spacial score (nSPS) is 14.4. The van der Waals surface area contributed by atoms with Gasteiger partial charge in [-0.25, -0.2) is 0 Å². The molecule has 0 aromatic rings. The van der Waals surface area contributed by atoms with Crippen LogP contribution in [0, 0.1) is 0 Å². The van der Waals surface area contributed by atoms with E-state index in [9.17, 15) is 14.3 Å². The minimum atomic E-state index is -4.39. The van der Waals surface area contributed by atoms with Gasteiger partial charge in [-0.1, -0.05) is 103 Å². The predicted octanol–water partition coefficient (Wildman–Crippen LogP) is 7.95. The summed E-state index contributed by atoms with van der Waals surface area (Å²) in [6.07, 6.45) is 23.1. The number of hydrogen-bond donors (Lipinski definition) is 0. The van der Waals surface area contributed by atoms with Gasteiger partial charge in [0.1, 0.15) is 6.10 Å². The lowest BCUT2D eigenvalue weighted by atomic mass is 10.0. The van der Waals surface area contributed by atoms with Crippen LogP contribution in [-0.2, 0) is 23.1 Å². The summed E-state index contributed by atoms with van der Waals surface area (Å²) >= 11 is 0. The zero-order chi connectivity index (χ0) is 28.5. The van der Waals surface area contributed by atoms with Gasteiger partial charge in [-0.05, 0) is 32.1 Å². The van der Waals surface area contributed by atoms with Gasteiger partial charge in [0.25, 0.3) is 7.82 Å². The number of esters is 1. The van der Waals surface area contributed by atoms with E-state index >= 15 is 0 Å². The number of carbonyl (C=O) groups is 1. The minimum Gasteiger partial charge on any atom is -0.756 e. The highest BCUT2D eigenvalue weighted by atomic mass is 31.2. The summed E-state index contributed by atoms with van der Waals surface area (Å²) in [4.78, 5) is 23.5. The first kappa shape index (κ1) is 37.5. The SMILES string of the molecule is CCCCCCCCCCCCCCCCCC(COP(=O)([O-])OCCCCCC[N+](C)(C)C)OC(C)=O. The molecule has 2 atom stereocenters. The summed E-state index contributed by atoms with van der Waals surface area (Å²) in [7, 11) is 2.10. The van der Waals surface area contributed by atoms with E-state index in [1.54, 1.807) is 0 Å². The molecule has 228 valence electrons. The van der Waals surface area contributed by atoms with Crippen LogP contribution < -0.4 is 4.89 Å². The largest absolute Gasteiger partial charge is 0.756 e. The monoisotopic (exact) mass is 563 g/mol. The van der Waals surface area contributed by atoms with Crippen LogP contribution in [0.5, 0.6) is 0 Å². The van der Waals surface area contributed by atoms with Crippen molar-refractivity contribution in [1.82, 2.24) is 0 Å². The van der Waals surface area contributed by atoms with Gasteiger partial charge in [0.15, 0.2) is 0 Å². The van der Waals surface area contributed by atoms with Crippen LogP contribution >= 0.6 is 7.82 Å². The Morgan fingerprint density at radius 2 is 1.16 bits per heavy atom. The molecule has 7 nitrogen and oxygen atoms in total. The van der Waals surface area contributed by atoms with Gasteiger partial charge in [0, 0.05) is 6.92 Å². The van der Waals surface area contributed by atoms with Crippen LogP contribution in [0.4, 0.5) is 0 Å². The van der Waals surface area contributed by atoms with Crippen LogP contribution in [0.3, 0.4) is 0 Å². The first-order valence-electron chi connectivity index (χ1n) is 15.6. The van der Waals surface area contributed by atoms with Crippen LogP contribution in [0.25, 0.3) is 0 Å². The molecule has 0 bridgehead atoms. The van der Waals surface area contributed by atoms with Crippen LogP contribution in [-0.4, -0.2) is 57.5 Å². The third-order valence-corrected chi connectivity index (χ3v) is 7.82. The lowest BCUT2D eigenvalue weighted by Gasteiger charge is -2.25. The maximum absolute atomic E-state index is 12.1. The predicted molar refractivity (Wildman–Crippen MR) is 156 cm³/mol. The third kappa shape index (κ3) is 28.5. The summed E-state index contributed by atoms with van der Waals surface area (Å²) in [6, 6.07) is 0. The van der Waals surface area contributed by atoms with Gasteiger partial charge in [0.05, 0.1) is 40.9 Å². The second-order valence-electron chi connectivity index (χ2n) is 12.0. The number of carbonyl (C=O) groups excluding carboxylic acids is 1. The molecule has 0 amide bonds. The van der Waals surface area contributed by atoms with Crippen molar-refractivity contribution < 1.29 is 32.5 Å². The maximum atomic E-state index is 12.1. The first-order valence-corrected chi connectivity index (χ1v) is 17.1. The summed E-state index contributed by atoms with van der Waals surface area (Å²) < 4.78 is 28.3. The molecule has 0 fully saturated rings. The number of phosphoric ester groups is 1. The second kappa shape index (κ2) is 24.3. The van der Waals surface area contributed by atoms with Gasteiger partial charge in [-0.15, -0.1) is 0 Å². The Morgan fingerprint density at radius 3 is 1.63 bits per heavy atom. The van der Waals surface area contributed by atoms with Crippen LogP contribution in [0.15, 0.2) is 0 Å². The first-order chi connectivity index (χ1) is 18.1. The highest BCUT2D eigenvalue weighted by Gasteiger charge is 2.17. The Hall–Kier alpha value is -0.460. The summed E-state index contributed by atoms with van der Waals surface area (Å²) in [6.45, 7) is 4.65. The number of nitrogens with zero attached hydrogens (tertiary/aromatic N) is 1. The molecule has 0 rings (SSSR count). The summed E-state index contributed by atoms with van der Waals surface area (Å²) in [5.74, 6) is -0.421. The number of ether oxygens (including phenoxy) is 1. The molecule has 2 unspecified atom stereocenters. The highest BCUT2D eigenvalue weighted by molar-refractivity contribution is 7.45. The zero-order valence-electron chi connectivity index (χ0n) is 25.7. The van der Waals surface area contributed by atoms with E-state index in [4.69, 9.17) is 13.8 Å². The lowest BCUT2D eigenvalue weighted by Crippen LogP contribution is -2.35. The van der Waals surface area contributed by atoms with Gasteiger partial charge in [-0.3, -0.25) is 9.36 Å². The van der Waals surface area contributed by atoms with E-state index in [1.807, 2.05) is 0 Å². The van der Waals surface area contributed by atoms with Crippen molar-refractivity contribution in [3.8, 4) is 0 Å². The van der Waals surface area contributed by atoms with E-state index in [0.717, 1.165) is 49.6 Å². The molecule has 0 spiro atoms. The fourth-order valence-corrected chi connectivity index (χ4v) is 5.36. The second-order valence-corrected chi connectivity index (χ2v) is 13.4. The van der Waals surface area contributed by atoms with Crippen molar-refractivity contribution in [3.05, 3.63) is 0 Å². The molecule has 0 saturated heterocycles. The third-order valence-electron chi connectivity index (χ3n) is 6.85. The molecule has 0 heterocycles. The fraction of sp³-hybridized carbons (Fsp3) is 0.967. The van der Waals surface area contributed by atoms with Crippen LogP contribution in [0.2, 0.25) is 0 Å². The summed E-state index contributed by atoms with van der Waals surface area (Å²) in [5.41, 5.74) is 0. The number of unbranched alkanes of at least 4 members (excludes halogenated alkanes) is 17. The average Bonchev–Trinajstić information content (AvgIpc) is 2.83. The molecule has 0 aliphatic carbocycles. The van der Waals surface area contributed by atoms with Crippen molar-refractivity contribution >= 4 is 13.8 Å². The Morgan fingerprint density at radius 1 is 0.711 bits per heavy atom. The molecule has 0 saturated carbocycles. The molecule has 0 N–H and O–H groups in total. The van der Waals surface area contributed by atoms with Crippen LogP contribution in [0.1, 0.15) is 142 Å². The number of hydrogen-bond acceptors (Lipinski definition) is 6. The van der Waals surface area contributed by atoms with E-state index < -0.39 is 19.9 Å². The molecule has 0 aliphatic heterocycles. The topological polar surface area (TPSA) is 84.9 Å². The molecule has 0 aromatic heterocycles. The molecule has 8 heteroatoms. The quantitative estimate of drug-likeness (QED) is 0.0416. The van der Waals surface area contributed by atoms with Crippen molar-refractivity contribution in [3.63, 3.8) is 0 Å². The fourth-order valence-electron chi connectivity index (χ4n) is 4.58. The summed E-state index contributed by atoms with van der Waals surface area (Å²) in [5, 5.41) is 0. The Kier molecular flexibility index (Phi) is 24.1. The Bertz CT molecular complexity index is 596. The van der Waals surface area contributed by atoms with Crippen molar-refractivity contribution in [1.29, 1.82) is 0 Å². The molecule has 0 radical (unpaired) electrons. The van der Waals surface area contributed by atoms with Gasteiger partial charge < -0.3 is 23.2 Å². The minimum absolute atomic E-state index is 0.127. The van der Waals surface area contributed by atoms with E-state index in [1.165, 1.54) is 84.0 Å². The van der Waals surface area contributed by atoms with Gasteiger partial charge in [0.2, 0.25) is 0 Å². The van der Waals surface area contributed by atoms with E-state index in [-0.39, 0.29) is 13.2 Å². The van der Waals surface area contributed by atoms with E-state index in [2.05, 4.69) is 28.1 Å². The zero-order valence-corrected chi connectivity index (χ0v) is 26.6. The van der Waals surface area contributed by atoms with E-state index in [0.29, 0.717) is 12.8 Å². The van der Waals surface area contributed by atoms with Gasteiger partial charge in [-0.2, -0.15) is 0 Å². The molecular formula is C30H62NO6P. The Balaban J connectivity index is 3.82. The lowest BCUT2D eigenvalue weighted by molar-refractivity contribution is -0.870. The Labute approximate surface area is 235 Å². The van der Waals surface area contributed by atoms with Gasteiger partial charge >= 0.3 is 5.97 Å². The van der Waals surface area contributed by atoms with Crippen molar-refractivity contribution in [2.24, 2.45) is 0 Å². The molecule has 0 aliphatic rings. The molecular weight excluding hydrogens is 501 g/mol. The molecule has 0 aromatic carbocycles. The number of phosphoric acid groups is 1. The highest BCUT2D eigenvalue weighted by Crippen LogP contribution is 2.39. The molecule has 38 heavy (non-hydrogen) atoms. The maximum Gasteiger partial charge on any atom is 0.302 e. The van der Waals surface area contributed by atoms with Crippen molar-refractivity contribution in [2.45, 2.75) is 148 Å². The number of rotatable bonds is 28. The van der Waals surface area contributed by atoms with Crippen molar-refractivity contribution in [2.75, 3.05) is 40.9 Å². The smallest absolute Gasteiger partial charge is 0.302 e. The standard InChI is InChI=1S/C30H62NO6P/c1-6-7-8-9-10-11-12-13-14-15-16-17-18-19-22-25-30(37-29(2)32)28-36-38(33,34)35-27-24-21-20-23-26-31(3,4)5/h30H,6-28H2,1-5H3. The number of quaternary nitrogens is 1. The average molecular weight is 564 g/mol.